The van der Waals surface area contributed by atoms with Crippen molar-refractivity contribution in [1.29, 1.82) is 0 Å². The quantitative estimate of drug-likeness (QED) is 0.664. The van der Waals surface area contributed by atoms with E-state index in [0.717, 1.165) is 17.0 Å². The van der Waals surface area contributed by atoms with Crippen LogP contribution in [-0.4, -0.2) is 23.9 Å². The molecule has 2 aromatic carbocycles. The van der Waals surface area contributed by atoms with Gasteiger partial charge in [-0.1, -0.05) is 12.1 Å². The Balaban J connectivity index is 1.90. The number of imide groups is 2. The van der Waals surface area contributed by atoms with Crippen LogP contribution in [0, 0.1) is 5.82 Å². The van der Waals surface area contributed by atoms with Gasteiger partial charge in [-0.05, 0) is 61.9 Å². The van der Waals surface area contributed by atoms with Crippen LogP contribution in [0.2, 0.25) is 0 Å². The Kier molecular flexibility index (Phi) is 5.03. The first-order valence-electron chi connectivity index (χ1n) is 8.29. The van der Waals surface area contributed by atoms with Gasteiger partial charge < -0.3 is 4.74 Å². The molecular weight excluding hydrogens is 351 g/mol. The minimum Gasteiger partial charge on any atom is -0.491 e. The Morgan fingerprint density at radius 2 is 1.63 bits per heavy atom. The average molecular weight is 368 g/mol. The summed E-state index contributed by atoms with van der Waals surface area (Å²) in [6, 6.07) is 10.8. The van der Waals surface area contributed by atoms with Crippen LogP contribution >= 0.6 is 0 Å². The number of hydrogen-bond acceptors (Lipinski definition) is 4. The molecule has 7 heteroatoms. The fourth-order valence-corrected chi connectivity index (χ4v) is 2.56. The Labute approximate surface area is 155 Å². The van der Waals surface area contributed by atoms with Crippen LogP contribution in [0.15, 0.2) is 54.1 Å². The zero-order valence-corrected chi connectivity index (χ0v) is 14.7. The van der Waals surface area contributed by atoms with Gasteiger partial charge in [-0.15, -0.1) is 0 Å². The van der Waals surface area contributed by atoms with Crippen molar-refractivity contribution in [3.8, 4) is 5.75 Å². The second-order valence-electron chi connectivity index (χ2n) is 6.17. The molecule has 6 nitrogen and oxygen atoms in total. The predicted molar refractivity (Wildman–Crippen MR) is 97.6 cm³/mol. The van der Waals surface area contributed by atoms with Crippen molar-refractivity contribution < 1.29 is 23.5 Å². The van der Waals surface area contributed by atoms with Crippen molar-refractivity contribution in [1.82, 2.24) is 5.32 Å². The molecule has 0 atom stereocenters. The van der Waals surface area contributed by atoms with E-state index in [1.807, 2.05) is 13.8 Å². The first kappa shape index (κ1) is 18.3. The fraction of sp³-hybridized carbons (Fsp3) is 0.150. The number of nitrogens with zero attached hydrogens (tertiary/aromatic N) is 1. The molecule has 1 heterocycles. The number of amides is 4. The SMILES string of the molecule is CC(C)Oc1ccc(/C=C2/C(=O)NC(=O)N(c3ccc(F)cc3)C2=O)cc1. The molecular formula is C20H17FN2O4. The van der Waals surface area contributed by atoms with Gasteiger partial charge in [0.25, 0.3) is 11.8 Å². The van der Waals surface area contributed by atoms with Crippen LogP contribution in [0.3, 0.4) is 0 Å². The highest BCUT2D eigenvalue weighted by molar-refractivity contribution is 6.39. The van der Waals surface area contributed by atoms with Crippen molar-refractivity contribution in [3.63, 3.8) is 0 Å². The molecule has 1 N–H and O–H groups in total. The lowest BCUT2D eigenvalue weighted by Crippen LogP contribution is -2.54. The van der Waals surface area contributed by atoms with Gasteiger partial charge in [-0.25, -0.2) is 14.1 Å². The summed E-state index contributed by atoms with van der Waals surface area (Å²) in [4.78, 5) is 37.7. The van der Waals surface area contributed by atoms with E-state index in [1.165, 1.54) is 18.2 Å². The molecule has 0 radical (unpaired) electrons. The van der Waals surface area contributed by atoms with Crippen molar-refractivity contribution in [3.05, 3.63) is 65.5 Å². The topological polar surface area (TPSA) is 75.7 Å². The molecule has 1 aliphatic heterocycles. The normalized spacial score (nSPS) is 16.1. The summed E-state index contributed by atoms with van der Waals surface area (Å²) in [7, 11) is 0. The Bertz CT molecular complexity index is 918. The molecule has 0 aromatic heterocycles. The third-order valence-corrected chi connectivity index (χ3v) is 3.75. The molecule has 27 heavy (non-hydrogen) atoms. The summed E-state index contributed by atoms with van der Waals surface area (Å²) in [6.45, 7) is 3.81. The maximum Gasteiger partial charge on any atom is 0.335 e. The Morgan fingerprint density at radius 3 is 2.22 bits per heavy atom. The van der Waals surface area contributed by atoms with Gasteiger partial charge in [-0.2, -0.15) is 0 Å². The summed E-state index contributed by atoms with van der Waals surface area (Å²) in [6.07, 6.45) is 1.41. The molecule has 2 aromatic rings. The zero-order valence-electron chi connectivity index (χ0n) is 14.7. The number of ether oxygens (including phenoxy) is 1. The highest BCUT2D eigenvalue weighted by Crippen LogP contribution is 2.23. The van der Waals surface area contributed by atoms with Gasteiger partial charge in [-0.3, -0.25) is 14.9 Å². The number of anilines is 1. The number of barbiturate groups is 1. The highest BCUT2D eigenvalue weighted by atomic mass is 19.1. The highest BCUT2D eigenvalue weighted by Gasteiger charge is 2.36. The largest absolute Gasteiger partial charge is 0.491 e. The van der Waals surface area contributed by atoms with E-state index in [-0.39, 0.29) is 17.4 Å². The van der Waals surface area contributed by atoms with E-state index in [0.29, 0.717) is 11.3 Å². The van der Waals surface area contributed by atoms with Gasteiger partial charge in [0.15, 0.2) is 0 Å². The lowest BCUT2D eigenvalue weighted by atomic mass is 10.1. The van der Waals surface area contributed by atoms with E-state index in [2.05, 4.69) is 5.32 Å². The van der Waals surface area contributed by atoms with Crippen molar-refractivity contribution in [2.24, 2.45) is 0 Å². The maximum absolute atomic E-state index is 13.1. The monoisotopic (exact) mass is 368 g/mol. The van der Waals surface area contributed by atoms with Gasteiger partial charge in [0.2, 0.25) is 0 Å². The number of urea groups is 1. The molecule has 0 spiro atoms. The second kappa shape index (κ2) is 7.41. The maximum atomic E-state index is 13.1. The number of hydrogen-bond donors (Lipinski definition) is 1. The van der Waals surface area contributed by atoms with Gasteiger partial charge in [0.1, 0.15) is 17.1 Å². The minimum absolute atomic E-state index is 0.0233. The van der Waals surface area contributed by atoms with Crippen LogP contribution in [-0.2, 0) is 9.59 Å². The van der Waals surface area contributed by atoms with E-state index < -0.39 is 23.7 Å². The van der Waals surface area contributed by atoms with Crippen LogP contribution in [0.4, 0.5) is 14.9 Å². The van der Waals surface area contributed by atoms with E-state index in [9.17, 15) is 18.8 Å². The van der Waals surface area contributed by atoms with Crippen LogP contribution in [0.1, 0.15) is 19.4 Å². The third-order valence-electron chi connectivity index (χ3n) is 3.75. The van der Waals surface area contributed by atoms with Crippen LogP contribution in [0.5, 0.6) is 5.75 Å². The van der Waals surface area contributed by atoms with Crippen LogP contribution < -0.4 is 15.0 Å². The summed E-state index contributed by atoms with van der Waals surface area (Å²) < 4.78 is 18.7. The lowest BCUT2D eigenvalue weighted by Gasteiger charge is -2.26. The number of carbonyl (C=O) groups excluding carboxylic acids is 3. The molecule has 3 rings (SSSR count). The standard InChI is InChI=1S/C20H17FN2O4/c1-12(2)27-16-9-3-13(4-10-16)11-17-18(24)22-20(26)23(19(17)25)15-7-5-14(21)6-8-15/h3-12H,1-2H3,(H,22,24,26)/b17-11-. The number of benzene rings is 2. The zero-order chi connectivity index (χ0) is 19.6. The molecule has 138 valence electrons. The van der Waals surface area contributed by atoms with Gasteiger partial charge >= 0.3 is 6.03 Å². The molecule has 4 amide bonds. The number of rotatable bonds is 4. The Morgan fingerprint density at radius 1 is 1.00 bits per heavy atom. The van der Waals surface area contributed by atoms with Crippen LogP contribution in [0.25, 0.3) is 6.08 Å². The molecule has 0 aliphatic carbocycles. The van der Waals surface area contributed by atoms with E-state index >= 15 is 0 Å². The molecule has 0 bridgehead atoms. The van der Waals surface area contributed by atoms with Gasteiger partial charge in [0.05, 0.1) is 11.8 Å². The van der Waals surface area contributed by atoms with E-state index in [4.69, 9.17) is 4.74 Å². The second-order valence-corrected chi connectivity index (χ2v) is 6.17. The van der Waals surface area contributed by atoms with Crippen molar-refractivity contribution in [2.45, 2.75) is 20.0 Å². The third kappa shape index (κ3) is 4.03. The summed E-state index contributed by atoms with van der Waals surface area (Å²) >= 11 is 0. The average Bonchev–Trinajstić information content (AvgIpc) is 2.61. The molecule has 1 aliphatic rings. The minimum atomic E-state index is -0.880. The summed E-state index contributed by atoms with van der Waals surface area (Å²) in [5.74, 6) is -1.41. The molecule has 0 saturated carbocycles. The van der Waals surface area contributed by atoms with Gasteiger partial charge in [0, 0.05) is 0 Å². The predicted octanol–water partition coefficient (Wildman–Crippen LogP) is 3.28. The van der Waals surface area contributed by atoms with E-state index in [1.54, 1.807) is 24.3 Å². The molecule has 1 fully saturated rings. The number of halogens is 1. The lowest BCUT2D eigenvalue weighted by molar-refractivity contribution is -0.122. The smallest absolute Gasteiger partial charge is 0.335 e. The molecule has 0 unspecified atom stereocenters. The first-order valence-corrected chi connectivity index (χ1v) is 8.29. The fourth-order valence-electron chi connectivity index (χ4n) is 2.56. The number of nitrogens with one attached hydrogen (secondary N) is 1. The first-order chi connectivity index (χ1) is 12.8. The van der Waals surface area contributed by atoms with Crippen molar-refractivity contribution in [2.75, 3.05) is 4.90 Å². The molecule has 1 saturated heterocycles. The van der Waals surface area contributed by atoms with Crippen molar-refractivity contribution >= 4 is 29.6 Å². The number of carbonyl (C=O) groups is 3. The summed E-state index contributed by atoms with van der Waals surface area (Å²) in [5.41, 5.74) is 0.562. The Hall–Kier alpha value is -3.48. The summed E-state index contributed by atoms with van der Waals surface area (Å²) in [5, 5.41) is 2.12.